The molecule has 1 amide bonds. The average molecular weight is 308 g/mol. The van der Waals surface area contributed by atoms with E-state index in [0.717, 1.165) is 29.2 Å². The van der Waals surface area contributed by atoms with Gasteiger partial charge in [-0.2, -0.15) is 5.26 Å². The first-order valence-corrected chi connectivity index (χ1v) is 7.69. The number of hydrogen-bond acceptors (Lipinski definition) is 3. The zero-order valence-corrected chi connectivity index (χ0v) is 13.4. The molecular formula is C19H20N2O2. The molecule has 4 heteroatoms. The minimum absolute atomic E-state index is 0.0594. The summed E-state index contributed by atoms with van der Waals surface area (Å²) in [6, 6.07) is 13.7. The molecule has 0 aliphatic heterocycles. The number of nitrogens with one attached hydrogen (secondary N) is 1. The molecule has 0 spiro atoms. The van der Waals surface area contributed by atoms with E-state index >= 15 is 0 Å². The SMILES string of the molecule is CCCCOc1ccc2ccccc2c1/C=C(/C#N)C(=O)NC. The molecule has 0 aliphatic rings. The number of benzene rings is 2. The fourth-order valence-electron chi connectivity index (χ4n) is 2.30. The van der Waals surface area contributed by atoms with Gasteiger partial charge >= 0.3 is 0 Å². The summed E-state index contributed by atoms with van der Waals surface area (Å²) < 4.78 is 5.86. The van der Waals surface area contributed by atoms with Gasteiger partial charge in [-0.05, 0) is 29.3 Å². The summed E-state index contributed by atoms with van der Waals surface area (Å²) in [6.07, 6.45) is 3.60. The van der Waals surface area contributed by atoms with Gasteiger partial charge in [-0.15, -0.1) is 0 Å². The van der Waals surface area contributed by atoms with Crippen molar-refractivity contribution in [1.82, 2.24) is 5.32 Å². The third kappa shape index (κ3) is 3.89. The second-order valence-electron chi connectivity index (χ2n) is 5.15. The maximum absolute atomic E-state index is 11.8. The van der Waals surface area contributed by atoms with E-state index < -0.39 is 5.91 Å². The number of unbranched alkanes of at least 4 members (excludes halogenated alkanes) is 1. The molecule has 4 nitrogen and oxygen atoms in total. The zero-order valence-electron chi connectivity index (χ0n) is 13.4. The Balaban J connectivity index is 2.56. The summed E-state index contributed by atoms with van der Waals surface area (Å²) in [5.41, 5.74) is 0.823. The average Bonchev–Trinajstić information content (AvgIpc) is 2.60. The Morgan fingerprint density at radius 3 is 2.78 bits per heavy atom. The third-order valence-electron chi connectivity index (χ3n) is 3.57. The summed E-state index contributed by atoms with van der Waals surface area (Å²) in [5.74, 6) is 0.286. The van der Waals surface area contributed by atoms with Crippen molar-refractivity contribution in [3.8, 4) is 11.8 Å². The Hall–Kier alpha value is -2.80. The lowest BCUT2D eigenvalue weighted by molar-refractivity contribution is -0.116. The highest BCUT2D eigenvalue weighted by molar-refractivity contribution is 6.04. The normalized spacial score (nSPS) is 11.1. The number of nitrogens with zero attached hydrogens (tertiary/aromatic N) is 1. The van der Waals surface area contributed by atoms with Crippen LogP contribution in [-0.2, 0) is 4.79 Å². The molecular weight excluding hydrogens is 288 g/mol. The predicted molar refractivity (Wildman–Crippen MR) is 92.0 cm³/mol. The van der Waals surface area contributed by atoms with Crippen molar-refractivity contribution >= 4 is 22.8 Å². The van der Waals surface area contributed by atoms with E-state index in [4.69, 9.17) is 4.74 Å². The quantitative estimate of drug-likeness (QED) is 0.503. The number of nitriles is 1. The summed E-state index contributed by atoms with van der Waals surface area (Å²) in [5, 5.41) is 13.7. The monoisotopic (exact) mass is 308 g/mol. The summed E-state index contributed by atoms with van der Waals surface area (Å²) >= 11 is 0. The highest BCUT2D eigenvalue weighted by Gasteiger charge is 2.12. The molecule has 0 radical (unpaired) electrons. The van der Waals surface area contributed by atoms with Crippen molar-refractivity contribution in [2.24, 2.45) is 0 Å². The second-order valence-corrected chi connectivity index (χ2v) is 5.15. The van der Waals surface area contributed by atoms with E-state index in [1.807, 2.05) is 42.5 Å². The second kappa shape index (κ2) is 8.00. The molecule has 1 N–H and O–H groups in total. The first kappa shape index (κ1) is 16.6. The third-order valence-corrected chi connectivity index (χ3v) is 3.57. The van der Waals surface area contributed by atoms with Crippen LogP contribution in [0.15, 0.2) is 42.0 Å². The van der Waals surface area contributed by atoms with Gasteiger partial charge < -0.3 is 10.1 Å². The standard InChI is InChI=1S/C19H20N2O2/c1-3-4-11-23-18-10-9-14-7-5-6-8-16(14)17(18)12-15(13-20)19(22)21-2/h5-10,12H,3-4,11H2,1-2H3,(H,21,22)/b15-12-. The largest absolute Gasteiger partial charge is 0.493 e. The fraction of sp³-hybridized carbons (Fsp3) is 0.263. The summed E-state index contributed by atoms with van der Waals surface area (Å²) in [7, 11) is 1.51. The van der Waals surface area contributed by atoms with Crippen LogP contribution in [0.1, 0.15) is 25.3 Å². The molecule has 0 bridgehead atoms. The van der Waals surface area contributed by atoms with Gasteiger partial charge in [0.1, 0.15) is 17.4 Å². The van der Waals surface area contributed by atoms with Crippen LogP contribution in [0.5, 0.6) is 5.75 Å². The van der Waals surface area contributed by atoms with Crippen molar-refractivity contribution in [2.45, 2.75) is 19.8 Å². The molecule has 0 atom stereocenters. The van der Waals surface area contributed by atoms with Crippen LogP contribution < -0.4 is 10.1 Å². The number of hydrogen-bond donors (Lipinski definition) is 1. The Kier molecular flexibility index (Phi) is 5.76. The number of ether oxygens (including phenoxy) is 1. The highest BCUT2D eigenvalue weighted by Crippen LogP contribution is 2.30. The number of rotatable bonds is 6. The smallest absolute Gasteiger partial charge is 0.261 e. The Bertz CT molecular complexity index is 773. The maximum Gasteiger partial charge on any atom is 0.261 e. The molecule has 0 fully saturated rings. The van der Waals surface area contributed by atoms with Crippen LogP contribution in [-0.4, -0.2) is 19.6 Å². The van der Waals surface area contributed by atoms with Gasteiger partial charge in [-0.1, -0.05) is 43.7 Å². The molecule has 0 saturated carbocycles. The van der Waals surface area contributed by atoms with E-state index in [9.17, 15) is 10.1 Å². The minimum atomic E-state index is -0.403. The molecule has 0 unspecified atom stereocenters. The van der Waals surface area contributed by atoms with E-state index in [2.05, 4.69) is 12.2 Å². The molecule has 23 heavy (non-hydrogen) atoms. The van der Waals surface area contributed by atoms with Crippen molar-refractivity contribution in [3.05, 3.63) is 47.5 Å². The molecule has 0 saturated heterocycles. The Morgan fingerprint density at radius 1 is 1.30 bits per heavy atom. The lowest BCUT2D eigenvalue weighted by Crippen LogP contribution is -2.19. The Labute approximate surface area is 136 Å². The molecule has 0 aliphatic carbocycles. The number of carbonyl (C=O) groups excluding carboxylic acids is 1. The Morgan fingerprint density at radius 2 is 2.09 bits per heavy atom. The lowest BCUT2D eigenvalue weighted by atomic mass is 10.0. The van der Waals surface area contributed by atoms with E-state index in [1.165, 1.54) is 7.05 Å². The molecule has 0 aromatic heterocycles. The van der Waals surface area contributed by atoms with Crippen molar-refractivity contribution in [3.63, 3.8) is 0 Å². The van der Waals surface area contributed by atoms with E-state index in [-0.39, 0.29) is 5.57 Å². The van der Waals surface area contributed by atoms with Gasteiger partial charge in [0.05, 0.1) is 6.61 Å². The maximum atomic E-state index is 11.8. The van der Waals surface area contributed by atoms with Crippen LogP contribution in [0, 0.1) is 11.3 Å². The number of likely N-dealkylation sites (N-methyl/N-ethyl adjacent to an activating group) is 1. The van der Waals surface area contributed by atoms with Crippen LogP contribution in [0.25, 0.3) is 16.8 Å². The molecule has 2 rings (SSSR count). The van der Waals surface area contributed by atoms with Crippen LogP contribution in [0.3, 0.4) is 0 Å². The van der Waals surface area contributed by atoms with Crippen molar-refractivity contribution in [1.29, 1.82) is 5.26 Å². The number of carbonyl (C=O) groups is 1. The van der Waals surface area contributed by atoms with Crippen molar-refractivity contribution in [2.75, 3.05) is 13.7 Å². The minimum Gasteiger partial charge on any atom is -0.493 e. The zero-order chi connectivity index (χ0) is 16.7. The summed E-state index contributed by atoms with van der Waals surface area (Å²) in [4.78, 5) is 11.8. The van der Waals surface area contributed by atoms with Gasteiger partial charge in [-0.25, -0.2) is 0 Å². The first-order valence-electron chi connectivity index (χ1n) is 7.69. The number of fused-ring (bicyclic) bond motifs is 1. The summed E-state index contributed by atoms with van der Waals surface area (Å²) in [6.45, 7) is 2.71. The van der Waals surface area contributed by atoms with Crippen LogP contribution in [0.4, 0.5) is 0 Å². The van der Waals surface area contributed by atoms with Gasteiger partial charge in [0.15, 0.2) is 0 Å². The molecule has 2 aromatic rings. The molecule has 118 valence electrons. The predicted octanol–water partition coefficient (Wildman–Crippen LogP) is 3.67. The highest BCUT2D eigenvalue weighted by atomic mass is 16.5. The van der Waals surface area contributed by atoms with Gasteiger partial charge in [0, 0.05) is 12.6 Å². The molecule has 2 aromatic carbocycles. The van der Waals surface area contributed by atoms with Crippen LogP contribution in [0.2, 0.25) is 0 Å². The first-order chi connectivity index (χ1) is 11.2. The van der Waals surface area contributed by atoms with Gasteiger partial charge in [0.2, 0.25) is 0 Å². The van der Waals surface area contributed by atoms with E-state index in [0.29, 0.717) is 12.4 Å². The van der Waals surface area contributed by atoms with Gasteiger partial charge in [0.25, 0.3) is 5.91 Å². The van der Waals surface area contributed by atoms with E-state index in [1.54, 1.807) is 6.08 Å². The fourth-order valence-corrected chi connectivity index (χ4v) is 2.30. The van der Waals surface area contributed by atoms with Crippen molar-refractivity contribution < 1.29 is 9.53 Å². The lowest BCUT2D eigenvalue weighted by Gasteiger charge is -2.12. The number of amides is 1. The van der Waals surface area contributed by atoms with Crippen LogP contribution >= 0.6 is 0 Å². The van der Waals surface area contributed by atoms with Gasteiger partial charge in [-0.3, -0.25) is 4.79 Å². The molecule has 0 heterocycles. The topological polar surface area (TPSA) is 62.1 Å².